The molecule has 20 heavy (non-hydrogen) atoms. The molecule has 0 aliphatic heterocycles. The summed E-state index contributed by atoms with van der Waals surface area (Å²) in [6.07, 6.45) is 0. The molecule has 0 aromatic heterocycles. The third-order valence-electron chi connectivity index (χ3n) is 3.41. The van der Waals surface area contributed by atoms with Crippen LogP contribution in [0, 0.1) is 25.5 Å². The predicted molar refractivity (Wildman–Crippen MR) is 78.2 cm³/mol. The summed E-state index contributed by atoms with van der Waals surface area (Å²) in [5.41, 5.74) is 2.49. The van der Waals surface area contributed by atoms with Crippen LogP contribution in [0.2, 0.25) is 5.02 Å². The van der Waals surface area contributed by atoms with Crippen molar-refractivity contribution in [3.63, 3.8) is 0 Å². The first kappa shape index (κ1) is 14.9. The fraction of sp³-hybridized carbons (Fsp3) is 0.250. The van der Waals surface area contributed by atoms with Crippen molar-refractivity contribution in [2.75, 3.05) is 7.05 Å². The SMILES string of the molecule is CNC(c1cc(C)c(F)cc1F)c1cccc(C)c1Cl. The monoisotopic (exact) mass is 295 g/mol. The maximum Gasteiger partial charge on any atom is 0.131 e. The Kier molecular flexibility index (Phi) is 4.41. The molecule has 0 aliphatic rings. The van der Waals surface area contributed by atoms with Gasteiger partial charge in [-0.2, -0.15) is 0 Å². The highest BCUT2D eigenvalue weighted by Crippen LogP contribution is 2.32. The Morgan fingerprint density at radius 1 is 1.00 bits per heavy atom. The second kappa shape index (κ2) is 5.90. The van der Waals surface area contributed by atoms with E-state index >= 15 is 0 Å². The Morgan fingerprint density at radius 2 is 1.70 bits per heavy atom. The summed E-state index contributed by atoms with van der Waals surface area (Å²) < 4.78 is 27.4. The van der Waals surface area contributed by atoms with Crippen LogP contribution in [0.15, 0.2) is 30.3 Å². The molecule has 106 valence electrons. The van der Waals surface area contributed by atoms with E-state index in [0.717, 1.165) is 17.2 Å². The molecule has 1 nitrogen and oxygen atoms in total. The smallest absolute Gasteiger partial charge is 0.131 e. The Hall–Kier alpha value is -1.45. The quantitative estimate of drug-likeness (QED) is 0.876. The van der Waals surface area contributed by atoms with Crippen LogP contribution < -0.4 is 5.32 Å². The molecule has 0 radical (unpaired) electrons. The molecule has 2 rings (SSSR count). The highest BCUT2D eigenvalue weighted by molar-refractivity contribution is 6.32. The molecule has 2 aromatic carbocycles. The van der Waals surface area contributed by atoms with Crippen molar-refractivity contribution < 1.29 is 8.78 Å². The van der Waals surface area contributed by atoms with Crippen molar-refractivity contribution in [1.29, 1.82) is 0 Å². The Labute approximate surface area is 122 Å². The zero-order chi connectivity index (χ0) is 14.9. The fourth-order valence-corrected chi connectivity index (χ4v) is 2.51. The summed E-state index contributed by atoms with van der Waals surface area (Å²) in [6.45, 7) is 3.51. The molecule has 0 saturated heterocycles. The van der Waals surface area contributed by atoms with Gasteiger partial charge in [-0.1, -0.05) is 29.8 Å². The van der Waals surface area contributed by atoms with E-state index < -0.39 is 17.7 Å². The number of rotatable bonds is 3. The minimum Gasteiger partial charge on any atom is -0.309 e. The Balaban J connectivity index is 2.58. The summed E-state index contributed by atoms with van der Waals surface area (Å²) in [7, 11) is 1.72. The lowest BCUT2D eigenvalue weighted by molar-refractivity contribution is 0.547. The zero-order valence-electron chi connectivity index (χ0n) is 11.6. The van der Waals surface area contributed by atoms with Crippen LogP contribution >= 0.6 is 11.6 Å². The topological polar surface area (TPSA) is 12.0 Å². The normalized spacial score (nSPS) is 12.5. The highest BCUT2D eigenvalue weighted by Gasteiger charge is 2.20. The Bertz CT molecular complexity index is 641. The van der Waals surface area contributed by atoms with Crippen LogP contribution in [0.4, 0.5) is 8.78 Å². The van der Waals surface area contributed by atoms with Crippen molar-refractivity contribution in [2.24, 2.45) is 0 Å². The first-order valence-electron chi connectivity index (χ1n) is 6.33. The van der Waals surface area contributed by atoms with Gasteiger partial charge in [0.05, 0.1) is 6.04 Å². The summed E-state index contributed by atoms with van der Waals surface area (Å²) in [5, 5.41) is 3.63. The van der Waals surface area contributed by atoms with Gasteiger partial charge in [-0.3, -0.25) is 0 Å². The van der Waals surface area contributed by atoms with Crippen LogP contribution in [-0.2, 0) is 0 Å². The van der Waals surface area contributed by atoms with Crippen molar-refractivity contribution >= 4 is 11.6 Å². The molecule has 0 aliphatic carbocycles. The molecular formula is C16H16ClF2N. The third kappa shape index (κ3) is 2.69. The van der Waals surface area contributed by atoms with E-state index in [1.165, 1.54) is 6.07 Å². The van der Waals surface area contributed by atoms with E-state index in [-0.39, 0.29) is 0 Å². The average molecular weight is 296 g/mol. The van der Waals surface area contributed by atoms with Gasteiger partial charge < -0.3 is 5.32 Å². The highest BCUT2D eigenvalue weighted by atomic mass is 35.5. The second-order valence-corrected chi connectivity index (χ2v) is 5.20. The molecule has 1 atom stereocenters. The number of hydrogen-bond acceptors (Lipinski definition) is 1. The summed E-state index contributed by atoms with van der Waals surface area (Å²) in [6, 6.07) is 7.62. The van der Waals surface area contributed by atoms with Gasteiger partial charge in [-0.25, -0.2) is 8.78 Å². The number of benzene rings is 2. The van der Waals surface area contributed by atoms with Gasteiger partial charge in [0.2, 0.25) is 0 Å². The van der Waals surface area contributed by atoms with E-state index in [9.17, 15) is 8.78 Å². The van der Waals surface area contributed by atoms with Crippen LogP contribution in [-0.4, -0.2) is 7.05 Å². The number of aryl methyl sites for hydroxylation is 2. The molecule has 0 fully saturated rings. The minimum absolute atomic E-state index is 0.388. The van der Waals surface area contributed by atoms with E-state index in [2.05, 4.69) is 5.32 Å². The van der Waals surface area contributed by atoms with E-state index in [4.69, 9.17) is 11.6 Å². The lowest BCUT2D eigenvalue weighted by atomic mass is 9.95. The van der Waals surface area contributed by atoms with Crippen LogP contribution in [0.3, 0.4) is 0 Å². The van der Waals surface area contributed by atoms with Gasteiger partial charge in [0, 0.05) is 16.7 Å². The van der Waals surface area contributed by atoms with Gasteiger partial charge in [0.15, 0.2) is 0 Å². The molecular weight excluding hydrogens is 280 g/mol. The van der Waals surface area contributed by atoms with Gasteiger partial charge in [-0.15, -0.1) is 0 Å². The molecule has 4 heteroatoms. The van der Waals surface area contributed by atoms with Crippen molar-refractivity contribution in [1.82, 2.24) is 5.32 Å². The maximum atomic E-state index is 14.1. The average Bonchev–Trinajstić information content (AvgIpc) is 2.41. The fourth-order valence-electron chi connectivity index (χ4n) is 2.27. The largest absolute Gasteiger partial charge is 0.309 e. The first-order valence-corrected chi connectivity index (χ1v) is 6.71. The molecule has 0 heterocycles. The summed E-state index contributed by atoms with van der Waals surface area (Å²) in [5.74, 6) is -1.12. The summed E-state index contributed by atoms with van der Waals surface area (Å²) in [4.78, 5) is 0. The minimum atomic E-state index is -0.579. The molecule has 0 bridgehead atoms. The van der Waals surface area contributed by atoms with Crippen LogP contribution in [0.1, 0.15) is 28.3 Å². The molecule has 0 spiro atoms. The van der Waals surface area contributed by atoms with Crippen LogP contribution in [0.5, 0.6) is 0 Å². The van der Waals surface area contributed by atoms with Gasteiger partial charge in [-0.05, 0) is 43.7 Å². The number of nitrogens with one attached hydrogen (secondary N) is 1. The molecule has 2 aromatic rings. The number of hydrogen-bond donors (Lipinski definition) is 1. The molecule has 1 N–H and O–H groups in total. The van der Waals surface area contributed by atoms with Gasteiger partial charge in [0.25, 0.3) is 0 Å². The summed E-state index contributed by atoms with van der Waals surface area (Å²) >= 11 is 6.30. The lowest BCUT2D eigenvalue weighted by Crippen LogP contribution is -2.20. The number of halogens is 3. The van der Waals surface area contributed by atoms with E-state index in [0.29, 0.717) is 16.1 Å². The molecule has 0 amide bonds. The molecule has 1 unspecified atom stereocenters. The predicted octanol–water partition coefficient (Wildman–Crippen LogP) is 4.54. The Morgan fingerprint density at radius 3 is 2.35 bits per heavy atom. The maximum absolute atomic E-state index is 14.1. The first-order chi connectivity index (χ1) is 9.45. The zero-order valence-corrected chi connectivity index (χ0v) is 12.4. The molecule has 0 saturated carbocycles. The van der Waals surface area contributed by atoms with Crippen molar-refractivity contribution in [3.05, 3.63) is 69.2 Å². The second-order valence-electron chi connectivity index (χ2n) is 4.82. The van der Waals surface area contributed by atoms with Crippen molar-refractivity contribution in [2.45, 2.75) is 19.9 Å². The van der Waals surface area contributed by atoms with Crippen LogP contribution in [0.25, 0.3) is 0 Å². The third-order valence-corrected chi connectivity index (χ3v) is 3.93. The van der Waals surface area contributed by atoms with Crippen molar-refractivity contribution in [3.8, 4) is 0 Å². The van der Waals surface area contributed by atoms with Gasteiger partial charge in [0.1, 0.15) is 11.6 Å². The van der Waals surface area contributed by atoms with E-state index in [1.807, 2.05) is 25.1 Å². The van der Waals surface area contributed by atoms with Gasteiger partial charge >= 0.3 is 0 Å². The van der Waals surface area contributed by atoms with E-state index in [1.54, 1.807) is 14.0 Å². The lowest BCUT2D eigenvalue weighted by Gasteiger charge is -2.20. The standard InChI is InChI=1S/C16H16ClF2N/c1-9-5-4-6-11(15(9)17)16(20-3)12-7-10(2)13(18)8-14(12)19/h4-8,16,20H,1-3H3.